The molecule has 0 fully saturated rings. The molecule has 5 heteroatoms. The van der Waals surface area contributed by atoms with E-state index in [-0.39, 0.29) is 12.4 Å². The summed E-state index contributed by atoms with van der Waals surface area (Å²) in [7, 11) is 0. The molecule has 0 bridgehead atoms. The summed E-state index contributed by atoms with van der Waals surface area (Å²) in [6.45, 7) is 0.266. The Morgan fingerprint density at radius 1 is 1.20 bits per heavy atom. The second kappa shape index (κ2) is 6.47. The predicted octanol–water partition coefficient (Wildman–Crippen LogP) is 3.65. The van der Waals surface area contributed by atoms with Gasteiger partial charge in [0.2, 0.25) is 6.20 Å². The fourth-order valence-corrected chi connectivity index (χ4v) is 1.62. The minimum absolute atomic E-state index is 0.266. The van der Waals surface area contributed by atoms with Gasteiger partial charge in [0, 0.05) is 6.08 Å². The number of rotatable bonds is 5. The summed E-state index contributed by atoms with van der Waals surface area (Å²) in [5.74, 6) is 0.318. The summed E-state index contributed by atoms with van der Waals surface area (Å²) in [5.41, 5.74) is 1.45. The molecule has 0 spiro atoms. The van der Waals surface area contributed by atoms with E-state index >= 15 is 0 Å². The molecule has 0 aliphatic carbocycles. The van der Waals surface area contributed by atoms with Gasteiger partial charge in [0.25, 0.3) is 0 Å². The highest BCUT2D eigenvalue weighted by Crippen LogP contribution is 2.15. The van der Waals surface area contributed by atoms with E-state index in [2.05, 4.69) is 0 Å². The summed E-state index contributed by atoms with van der Waals surface area (Å²) in [6.07, 6.45) is 2.28. The molecule has 0 amide bonds. The van der Waals surface area contributed by atoms with Gasteiger partial charge in [-0.05, 0) is 35.4 Å². The zero-order valence-corrected chi connectivity index (χ0v) is 10.5. The van der Waals surface area contributed by atoms with Gasteiger partial charge in [-0.25, -0.2) is 4.39 Å². The standard InChI is InChI=1S/C15H12FNO3/c16-14-3-1-2-13(10-14)11-20-15-6-4-12(5-7-15)8-9-17(18)19/h1-10H,11H2/b9-8+. The average molecular weight is 273 g/mol. The van der Waals surface area contributed by atoms with Crippen LogP contribution < -0.4 is 4.74 Å². The number of hydrogen-bond acceptors (Lipinski definition) is 3. The van der Waals surface area contributed by atoms with E-state index in [0.29, 0.717) is 11.3 Å². The van der Waals surface area contributed by atoms with Crippen molar-refractivity contribution in [3.8, 4) is 5.75 Å². The highest BCUT2D eigenvalue weighted by molar-refractivity contribution is 5.49. The Labute approximate surface area is 115 Å². The van der Waals surface area contributed by atoms with E-state index in [9.17, 15) is 14.5 Å². The lowest BCUT2D eigenvalue weighted by Gasteiger charge is -2.06. The minimum atomic E-state index is -0.519. The van der Waals surface area contributed by atoms with Crippen molar-refractivity contribution in [1.82, 2.24) is 0 Å². The Hall–Kier alpha value is -2.69. The molecule has 0 aliphatic rings. The molecule has 2 aromatic carbocycles. The summed E-state index contributed by atoms with van der Waals surface area (Å²) in [4.78, 5) is 9.67. The summed E-state index contributed by atoms with van der Waals surface area (Å²) < 4.78 is 18.5. The van der Waals surface area contributed by atoms with E-state index in [1.165, 1.54) is 18.2 Å². The van der Waals surface area contributed by atoms with Crippen LogP contribution in [0.4, 0.5) is 4.39 Å². The number of ether oxygens (including phenoxy) is 1. The summed E-state index contributed by atoms with van der Waals surface area (Å²) >= 11 is 0. The third-order valence-corrected chi connectivity index (χ3v) is 2.56. The van der Waals surface area contributed by atoms with Crippen LogP contribution in [0.25, 0.3) is 6.08 Å². The Morgan fingerprint density at radius 3 is 2.60 bits per heavy atom. The van der Waals surface area contributed by atoms with Crippen LogP contribution in [0.2, 0.25) is 0 Å². The third kappa shape index (κ3) is 4.20. The SMILES string of the molecule is O=[N+]([O-])/C=C/c1ccc(OCc2cccc(F)c2)cc1. The molecule has 0 aliphatic heterocycles. The molecule has 0 unspecified atom stereocenters. The van der Waals surface area contributed by atoms with Gasteiger partial charge in [0.05, 0.1) is 4.92 Å². The average Bonchev–Trinajstić information content (AvgIpc) is 2.44. The molecule has 0 radical (unpaired) electrons. The maximum atomic E-state index is 13.0. The van der Waals surface area contributed by atoms with Gasteiger partial charge in [-0.2, -0.15) is 0 Å². The fraction of sp³-hybridized carbons (Fsp3) is 0.0667. The molecule has 20 heavy (non-hydrogen) atoms. The van der Waals surface area contributed by atoms with Crippen molar-refractivity contribution in [3.05, 3.63) is 81.8 Å². The molecular weight excluding hydrogens is 261 g/mol. The maximum Gasteiger partial charge on any atom is 0.235 e. The van der Waals surface area contributed by atoms with E-state index < -0.39 is 4.92 Å². The monoisotopic (exact) mass is 273 g/mol. The topological polar surface area (TPSA) is 52.4 Å². The normalized spacial score (nSPS) is 10.7. The van der Waals surface area contributed by atoms with Crippen molar-refractivity contribution >= 4 is 6.08 Å². The van der Waals surface area contributed by atoms with Crippen molar-refractivity contribution in [2.24, 2.45) is 0 Å². The second-order valence-electron chi connectivity index (χ2n) is 4.09. The third-order valence-electron chi connectivity index (χ3n) is 2.56. The first kappa shape index (κ1) is 13.7. The van der Waals surface area contributed by atoms with Gasteiger partial charge in [-0.3, -0.25) is 10.1 Å². The highest BCUT2D eigenvalue weighted by atomic mass is 19.1. The zero-order valence-electron chi connectivity index (χ0n) is 10.5. The first-order valence-corrected chi connectivity index (χ1v) is 5.92. The molecule has 2 rings (SSSR count). The van der Waals surface area contributed by atoms with Crippen molar-refractivity contribution in [1.29, 1.82) is 0 Å². The van der Waals surface area contributed by atoms with Crippen LogP contribution in [0, 0.1) is 15.9 Å². The Balaban J connectivity index is 1.95. The number of nitrogens with zero attached hydrogens (tertiary/aromatic N) is 1. The molecule has 2 aromatic rings. The van der Waals surface area contributed by atoms with Gasteiger partial charge in [-0.1, -0.05) is 24.3 Å². The maximum absolute atomic E-state index is 13.0. The highest BCUT2D eigenvalue weighted by Gasteiger charge is 1.98. The predicted molar refractivity (Wildman–Crippen MR) is 73.2 cm³/mol. The molecule has 0 N–H and O–H groups in total. The first-order chi connectivity index (χ1) is 9.63. The molecule has 102 valence electrons. The summed E-state index contributed by atoms with van der Waals surface area (Å²) in [6, 6.07) is 13.0. The van der Waals surface area contributed by atoms with Crippen molar-refractivity contribution < 1.29 is 14.1 Å². The zero-order chi connectivity index (χ0) is 14.4. The number of nitro groups is 1. The molecule has 0 atom stereocenters. The van der Waals surface area contributed by atoms with Crippen LogP contribution in [0.15, 0.2) is 54.7 Å². The fourth-order valence-electron chi connectivity index (χ4n) is 1.62. The van der Waals surface area contributed by atoms with Crippen LogP contribution >= 0.6 is 0 Å². The number of halogens is 1. The first-order valence-electron chi connectivity index (χ1n) is 5.92. The van der Waals surface area contributed by atoms with Gasteiger partial charge >= 0.3 is 0 Å². The smallest absolute Gasteiger partial charge is 0.235 e. The Bertz CT molecular complexity index is 623. The Kier molecular flexibility index (Phi) is 4.44. The summed E-state index contributed by atoms with van der Waals surface area (Å²) in [5, 5.41) is 10.2. The minimum Gasteiger partial charge on any atom is -0.489 e. The van der Waals surface area contributed by atoms with Gasteiger partial charge in [0.15, 0.2) is 0 Å². The molecule has 0 saturated carbocycles. The number of benzene rings is 2. The quantitative estimate of drug-likeness (QED) is 0.617. The van der Waals surface area contributed by atoms with E-state index in [0.717, 1.165) is 11.8 Å². The molecular formula is C15H12FNO3. The Morgan fingerprint density at radius 2 is 1.95 bits per heavy atom. The molecule has 4 nitrogen and oxygen atoms in total. The lowest BCUT2D eigenvalue weighted by molar-refractivity contribution is -0.400. The van der Waals surface area contributed by atoms with Crippen molar-refractivity contribution in [2.75, 3.05) is 0 Å². The van der Waals surface area contributed by atoms with E-state index in [4.69, 9.17) is 4.74 Å². The van der Waals surface area contributed by atoms with Crippen LogP contribution in [0.1, 0.15) is 11.1 Å². The van der Waals surface area contributed by atoms with Gasteiger partial charge < -0.3 is 4.74 Å². The lowest BCUT2D eigenvalue weighted by Crippen LogP contribution is -1.95. The van der Waals surface area contributed by atoms with Crippen LogP contribution in [0.5, 0.6) is 5.75 Å². The molecule has 0 aromatic heterocycles. The molecule has 0 heterocycles. The lowest BCUT2D eigenvalue weighted by atomic mass is 10.2. The van der Waals surface area contributed by atoms with Crippen LogP contribution in [-0.2, 0) is 6.61 Å². The largest absolute Gasteiger partial charge is 0.489 e. The number of hydrogen-bond donors (Lipinski definition) is 0. The van der Waals surface area contributed by atoms with E-state index in [1.807, 2.05) is 0 Å². The van der Waals surface area contributed by atoms with Crippen molar-refractivity contribution in [3.63, 3.8) is 0 Å². The van der Waals surface area contributed by atoms with Crippen molar-refractivity contribution in [2.45, 2.75) is 6.61 Å². The van der Waals surface area contributed by atoms with Gasteiger partial charge in [-0.15, -0.1) is 0 Å². The van der Waals surface area contributed by atoms with E-state index in [1.54, 1.807) is 36.4 Å². The second-order valence-corrected chi connectivity index (χ2v) is 4.09. The van der Waals surface area contributed by atoms with Crippen LogP contribution in [-0.4, -0.2) is 4.92 Å². The molecule has 0 saturated heterocycles. The van der Waals surface area contributed by atoms with Crippen LogP contribution in [0.3, 0.4) is 0 Å². The van der Waals surface area contributed by atoms with Gasteiger partial charge in [0.1, 0.15) is 18.2 Å².